The van der Waals surface area contributed by atoms with Gasteiger partial charge < -0.3 is 24.2 Å². The summed E-state index contributed by atoms with van der Waals surface area (Å²) in [5, 5.41) is 1.27. The fraction of sp³-hybridized carbons (Fsp3) is 0.667. The number of amides is 1. The second kappa shape index (κ2) is 10.7. The highest BCUT2D eigenvalue weighted by Gasteiger charge is 2.38. The van der Waals surface area contributed by atoms with E-state index in [1.54, 1.807) is 9.47 Å². The molecule has 5 rings (SSSR count). The Bertz CT molecular complexity index is 1320. The normalized spacial score (nSPS) is 24.7. The molecule has 39 heavy (non-hydrogen) atoms. The molecule has 4 heterocycles. The second-order valence-electron chi connectivity index (χ2n) is 12.0. The van der Waals surface area contributed by atoms with E-state index in [4.69, 9.17) is 21.1 Å². The first kappa shape index (κ1) is 28.4. The Morgan fingerprint density at radius 1 is 1.18 bits per heavy atom. The minimum atomic E-state index is -0.575. The number of carbonyl (C=O) groups excluding carboxylic acids is 1. The summed E-state index contributed by atoms with van der Waals surface area (Å²) in [4.78, 5) is 39.8. The Balaban J connectivity index is 1.52. The van der Waals surface area contributed by atoms with E-state index in [0.29, 0.717) is 52.8 Å². The molecular formula is C27H38BrClN6O4. The molecule has 3 aliphatic rings. The molecule has 3 atom stereocenters. The molecule has 214 valence electrons. The van der Waals surface area contributed by atoms with Crippen molar-refractivity contribution < 1.29 is 14.3 Å². The summed E-state index contributed by atoms with van der Waals surface area (Å²) in [6.45, 7) is 15.5. The molecule has 1 amide bonds. The molecule has 1 aromatic carbocycles. The third-order valence-corrected chi connectivity index (χ3v) is 9.09. The summed E-state index contributed by atoms with van der Waals surface area (Å²) in [5.74, 6) is 1.13. The molecule has 0 aliphatic carbocycles. The first-order valence-electron chi connectivity index (χ1n) is 13.6. The molecule has 0 spiro atoms. The average Bonchev–Trinajstić information content (AvgIpc) is 2.85. The van der Waals surface area contributed by atoms with Crippen LogP contribution in [0.2, 0.25) is 5.02 Å². The Hall–Kier alpha value is -2.08. The lowest BCUT2D eigenvalue weighted by Crippen LogP contribution is -2.59. The highest BCUT2D eigenvalue weighted by molar-refractivity contribution is 9.10. The van der Waals surface area contributed by atoms with Crippen molar-refractivity contribution >= 4 is 50.3 Å². The smallest absolute Gasteiger partial charge is 0.410 e. The van der Waals surface area contributed by atoms with Gasteiger partial charge in [-0.15, -0.1) is 0 Å². The van der Waals surface area contributed by atoms with Crippen LogP contribution >= 0.6 is 27.5 Å². The summed E-state index contributed by atoms with van der Waals surface area (Å²) >= 11 is 10.2. The molecule has 0 bridgehead atoms. The number of nitrogens with zero attached hydrogens (tertiary/aromatic N) is 6. The van der Waals surface area contributed by atoms with Crippen molar-refractivity contribution in [2.24, 2.45) is 0 Å². The maximum Gasteiger partial charge on any atom is 0.410 e. The third kappa shape index (κ3) is 5.60. The Kier molecular flexibility index (Phi) is 7.82. The molecule has 3 aliphatic heterocycles. The lowest BCUT2D eigenvalue weighted by molar-refractivity contribution is 0.0130. The van der Waals surface area contributed by atoms with Crippen LogP contribution in [0.25, 0.3) is 10.9 Å². The van der Waals surface area contributed by atoms with Crippen molar-refractivity contribution in [2.75, 3.05) is 64.4 Å². The van der Waals surface area contributed by atoms with Crippen LogP contribution in [0.4, 0.5) is 10.6 Å². The molecule has 0 radical (unpaired) electrons. The predicted molar refractivity (Wildman–Crippen MR) is 156 cm³/mol. The summed E-state index contributed by atoms with van der Waals surface area (Å²) in [5.41, 5.74) is -0.167. The second-order valence-corrected chi connectivity index (χ2v) is 13.2. The maximum atomic E-state index is 13.7. The number of carbonyl (C=O) groups is 1. The molecule has 2 aromatic rings. The largest absolute Gasteiger partial charge is 0.488 e. The van der Waals surface area contributed by atoms with Crippen LogP contribution in [0.5, 0.6) is 5.75 Å². The number of halogens is 2. The summed E-state index contributed by atoms with van der Waals surface area (Å²) in [7, 11) is 2.13. The van der Waals surface area contributed by atoms with Crippen LogP contribution in [-0.2, 0) is 4.74 Å². The van der Waals surface area contributed by atoms with E-state index in [1.807, 2.05) is 40.7 Å². The SMILES string of the molecule is C[C@@H]1CN(c2nc(=O)n3c4c(c(Br)c(Cl)cc24)OCC3CN2CCN(C)CC2)[C@@H](C)CN1C(=O)OC(C)(C)C. The van der Waals surface area contributed by atoms with Gasteiger partial charge in [-0.1, -0.05) is 11.6 Å². The number of hydrogen-bond donors (Lipinski definition) is 0. The van der Waals surface area contributed by atoms with Crippen molar-refractivity contribution in [3.63, 3.8) is 0 Å². The van der Waals surface area contributed by atoms with E-state index < -0.39 is 5.60 Å². The fourth-order valence-corrected chi connectivity index (χ4v) is 6.32. The van der Waals surface area contributed by atoms with Crippen LogP contribution in [0, 0.1) is 0 Å². The van der Waals surface area contributed by atoms with Crippen molar-refractivity contribution in [3.05, 3.63) is 26.0 Å². The van der Waals surface area contributed by atoms with Crippen molar-refractivity contribution in [1.29, 1.82) is 0 Å². The quantitative estimate of drug-likeness (QED) is 0.509. The van der Waals surface area contributed by atoms with Gasteiger partial charge in [0, 0.05) is 63.3 Å². The maximum absolute atomic E-state index is 13.7. The Morgan fingerprint density at radius 2 is 1.87 bits per heavy atom. The van der Waals surface area contributed by atoms with Crippen LogP contribution in [-0.4, -0.2) is 107 Å². The minimum Gasteiger partial charge on any atom is -0.488 e. The molecule has 10 nitrogen and oxygen atoms in total. The van der Waals surface area contributed by atoms with Gasteiger partial charge in [0.15, 0.2) is 5.75 Å². The van der Waals surface area contributed by atoms with E-state index in [1.165, 1.54) is 0 Å². The molecule has 1 aromatic heterocycles. The molecule has 2 fully saturated rings. The van der Waals surface area contributed by atoms with E-state index in [9.17, 15) is 9.59 Å². The van der Waals surface area contributed by atoms with Crippen LogP contribution in [0.1, 0.15) is 40.7 Å². The summed E-state index contributed by atoms with van der Waals surface area (Å²) in [6, 6.07) is 1.46. The van der Waals surface area contributed by atoms with Crippen LogP contribution in [0.15, 0.2) is 15.3 Å². The topological polar surface area (TPSA) is 83.4 Å². The molecule has 2 saturated heterocycles. The van der Waals surface area contributed by atoms with Gasteiger partial charge in [0.05, 0.1) is 15.5 Å². The minimum absolute atomic E-state index is 0.101. The van der Waals surface area contributed by atoms with E-state index in [2.05, 4.69) is 42.7 Å². The standard InChI is InChI=1S/C27H38BrClN6O4/c1-16-13-34(26(37)39-27(3,4)5)17(2)12-33(16)24-19-11-20(29)21(28)23-22(19)35(25(36)30-24)18(15-38-23)14-32-9-7-31(6)8-10-32/h11,16-18H,7-10,12-15H2,1-6H3/t16-,17+,18?/m0/s1. The predicted octanol–water partition coefficient (Wildman–Crippen LogP) is 3.83. The Morgan fingerprint density at radius 3 is 2.54 bits per heavy atom. The van der Waals surface area contributed by atoms with Crippen LogP contribution in [0.3, 0.4) is 0 Å². The molecule has 12 heteroatoms. The van der Waals surface area contributed by atoms with Gasteiger partial charge in [-0.3, -0.25) is 9.47 Å². The number of benzene rings is 1. The van der Waals surface area contributed by atoms with Crippen molar-refractivity contribution in [3.8, 4) is 5.75 Å². The van der Waals surface area contributed by atoms with Gasteiger partial charge in [-0.05, 0) is 63.7 Å². The van der Waals surface area contributed by atoms with E-state index in [-0.39, 0.29) is 29.9 Å². The number of ether oxygens (including phenoxy) is 2. The number of aromatic nitrogens is 2. The van der Waals surface area contributed by atoms with Gasteiger partial charge in [-0.2, -0.15) is 4.98 Å². The lowest BCUT2D eigenvalue weighted by Gasteiger charge is -2.45. The zero-order chi connectivity index (χ0) is 28.2. The number of piperazine rings is 2. The molecular weight excluding hydrogens is 588 g/mol. The van der Waals surface area contributed by atoms with E-state index >= 15 is 0 Å². The number of likely N-dealkylation sites (N-methyl/N-ethyl adjacent to an activating group) is 1. The zero-order valence-corrected chi connectivity index (χ0v) is 25.9. The molecule has 1 unspecified atom stereocenters. The number of rotatable bonds is 3. The average molecular weight is 626 g/mol. The number of anilines is 1. The van der Waals surface area contributed by atoms with Crippen LogP contribution < -0.4 is 15.3 Å². The van der Waals surface area contributed by atoms with E-state index in [0.717, 1.165) is 31.6 Å². The molecule has 0 saturated carbocycles. The number of hydrogen-bond acceptors (Lipinski definition) is 8. The highest BCUT2D eigenvalue weighted by atomic mass is 79.9. The van der Waals surface area contributed by atoms with Gasteiger partial charge >= 0.3 is 11.8 Å². The first-order valence-corrected chi connectivity index (χ1v) is 14.8. The van der Waals surface area contributed by atoms with Gasteiger partial charge in [0.25, 0.3) is 0 Å². The van der Waals surface area contributed by atoms with Crippen molar-refractivity contribution in [2.45, 2.75) is 58.3 Å². The zero-order valence-electron chi connectivity index (χ0n) is 23.5. The van der Waals surface area contributed by atoms with Gasteiger partial charge in [-0.25, -0.2) is 9.59 Å². The summed E-state index contributed by atoms with van der Waals surface area (Å²) < 4.78 is 14.4. The molecule has 0 N–H and O–H groups in total. The summed E-state index contributed by atoms with van der Waals surface area (Å²) in [6.07, 6.45) is -0.335. The van der Waals surface area contributed by atoms with Gasteiger partial charge in [0.2, 0.25) is 0 Å². The van der Waals surface area contributed by atoms with Crippen molar-refractivity contribution in [1.82, 2.24) is 24.3 Å². The third-order valence-electron chi connectivity index (χ3n) is 7.78. The first-order chi connectivity index (χ1) is 18.3. The van der Waals surface area contributed by atoms with Gasteiger partial charge in [0.1, 0.15) is 23.5 Å². The lowest BCUT2D eigenvalue weighted by atomic mass is 10.1. The Labute approximate surface area is 242 Å². The monoisotopic (exact) mass is 624 g/mol. The fourth-order valence-electron chi connectivity index (χ4n) is 5.71. The highest BCUT2D eigenvalue weighted by Crippen LogP contribution is 2.44.